The molecule has 7 nitrogen and oxygen atoms in total. The number of esters is 2. The Kier molecular flexibility index (Phi) is 7.84. The Labute approximate surface area is 127 Å². The van der Waals surface area contributed by atoms with Crippen LogP contribution in [-0.4, -0.2) is 101 Å². The first-order valence-corrected chi connectivity index (χ1v) is 7.02. The van der Waals surface area contributed by atoms with E-state index in [1.807, 2.05) is 42.3 Å². The predicted molar refractivity (Wildman–Crippen MR) is 78.3 cm³/mol. The Balaban J connectivity index is 3.93. The van der Waals surface area contributed by atoms with Gasteiger partial charge >= 0.3 is 11.9 Å². The van der Waals surface area contributed by atoms with E-state index in [4.69, 9.17) is 9.47 Å². The van der Waals surface area contributed by atoms with Crippen molar-refractivity contribution in [2.24, 2.45) is 0 Å². The SMILES string of the molecule is C[N+](C)(C)CCOC(=O)CC(O)C(=O)OCC[N+](C)(C)C. The van der Waals surface area contributed by atoms with Gasteiger partial charge in [-0.15, -0.1) is 0 Å². The van der Waals surface area contributed by atoms with Gasteiger partial charge in [-0.05, 0) is 0 Å². The van der Waals surface area contributed by atoms with Crippen molar-refractivity contribution in [1.29, 1.82) is 0 Å². The van der Waals surface area contributed by atoms with Crippen LogP contribution in [0.25, 0.3) is 0 Å². The molecular weight excluding hydrogens is 276 g/mol. The number of hydrogen-bond acceptors (Lipinski definition) is 5. The second kappa shape index (κ2) is 8.31. The smallest absolute Gasteiger partial charge is 0.335 e. The third-order valence-electron chi connectivity index (χ3n) is 2.66. The van der Waals surface area contributed by atoms with E-state index in [9.17, 15) is 14.7 Å². The van der Waals surface area contributed by atoms with Gasteiger partial charge in [-0.2, -0.15) is 0 Å². The highest BCUT2D eigenvalue weighted by atomic mass is 16.6. The first-order valence-electron chi connectivity index (χ1n) is 7.02. The molecule has 0 aromatic rings. The van der Waals surface area contributed by atoms with Gasteiger partial charge in [-0.25, -0.2) is 4.79 Å². The van der Waals surface area contributed by atoms with Gasteiger partial charge in [0.2, 0.25) is 0 Å². The van der Waals surface area contributed by atoms with E-state index in [1.165, 1.54) is 0 Å². The Morgan fingerprint density at radius 2 is 1.33 bits per heavy atom. The van der Waals surface area contributed by atoms with Gasteiger partial charge in [0.15, 0.2) is 6.10 Å². The summed E-state index contributed by atoms with van der Waals surface area (Å²) in [6.45, 7) is 1.75. The van der Waals surface area contributed by atoms with Gasteiger partial charge in [0.05, 0.1) is 48.7 Å². The van der Waals surface area contributed by atoms with Crippen molar-refractivity contribution in [2.75, 3.05) is 68.6 Å². The van der Waals surface area contributed by atoms with Crippen LogP contribution in [0.4, 0.5) is 0 Å². The summed E-state index contributed by atoms with van der Waals surface area (Å²) in [5.74, 6) is -1.38. The minimum absolute atomic E-state index is 0.204. The number of carbonyl (C=O) groups excluding carboxylic acids is 2. The molecule has 0 aliphatic rings. The topological polar surface area (TPSA) is 72.8 Å². The summed E-state index contributed by atoms with van der Waals surface area (Å²) >= 11 is 0. The molecule has 0 aliphatic carbocycles. The fraction of sp³-hybridized carbons (Fsp3) is 0.857. The van der Waals surface area contributed by atoms with E-state index in [2.05, 4.69) is 0 Å². The standard InChI is InChI=1S/C14H30N2O5/c1-15(2,3)7-9-20-13(18)11-12(17)14(19)21-10-8-16(4,5)6/h12,17H,7-11H2,1-6H3/q+2. The van der Waals surface area contributed by atoms with Crippen LogP contribution in [0.2, 0.25) is 0 Å². The summed E-state index contributed by atoms with van der Waals surface area (Å²) in [6, 6.07) is 0. The molecule has 124 valence electrons. The van der Waals surface area contributed by atoms with Crippen LogP contribution >= 0.6 is 0 Å². The molecule has 0 aliphatic heterocycles. The van der Waals surface area contributed by atoms with Crippen LogP contribution in [0, 0.1) is 0 Å². The van der Waals surface area contributed by atoms with Crippen LogP contribution < -0.4 is 0 Å². The van der Waals surface area contributed by atoms with Gasteiger partial charge in [-0.3, -0.25) is 4.79 Å². The maximum atomic E-state index is 11.5. The summed E-state index contributed by atoms with van der Waals surface area (Å²) < 4.78 is 11.2. The maximum Gasteiger partial charge on any atom is 0.335 e. The van der Waals surface area contributed by atoms with Crippen LogP contribution in [0.3, 0.4) is 0 Å². The zero-order valence-corrected chi connectivity index (χ0v) is 14.1. The number of carbonyl (C=O) groups is 2. The normalized spacial score (nSPS) is 13.7. The molecule has 0 saturated heterocycles. The van der Waals surface area contributed by atoms with Gasteiger partial charge < -0.3 is 23.5 Å². The lowest BCUT2D eigenvalue weighted by molar-refractivity contribution is -0.870. The summed E-state index contributed by atoms with van der Waals surface area (Å²) in [4.78, 5) is 23.0. The number of nitrogens with zero attached hydrogens (tertiary/aromatic N) is 2. The molecule has 0 bridgehead atoms. The molecule has 21 heavy (non-hydrogen) atoms. The molecule has 7 heteroatoms. The van der Waals surface area contributed by atoms with Crippen LogP contribution in [0.5, 0.6) is 0 Å². The van der Waals surface area contributed by atoms with E-state index in [0.717, 1.165) is 0 Å². The van der Waals surface area contributed by atoms with Crippen LogP contribution in [0.1, 0.15) is 6.42 Å². The minimum atomic E-state index is -1.46. The molecule has 1 unspecified atom stereocenters. The fourth-order valence-electron chi connectivity index (χ4n) is 1.25. The van der Waals surface area contributed by atoms with Gasteiger partial charge in [-0.1, -0.05) is 0 Å². The molecule has 0 fully saturated rings. The molecule has 0 radical (unpaired) electrons. The third kappa shape index (κ3) is 12.3. The molecule has 0 aromatic carbocycles. The van der Waals surface area contributed by atoms with Gasteiger partial charge in [0.25, 0.3) is 0 Å². The summed E-state index contributed by atoms with van der Waals surface area (Å²) in [7, 11) is 11.8. The molecule has 0 spiro atoms. The van der Waals surface area contributed by atoms with Crippen molar-refractivity contribution in [3.63, 3.8) is 0 Å². The van der Waals surface area contributed by atoms with Crippen molar-refractivity contribution in [2.45, 2.75) is 12.5 Å². The quantitative estimate of drug-likeness (QED) is 0.448. The van der Waals surface area contributed by atoms with Crippen molar-refractivity contribution in [3.05, 3.63) is 0 Å². The highest BCUT2D eigenvalue weighted by Gasteiger charge is 2.22. The maximum absolute atomic E-state index is 11.5. The molecule has 0 heterocycles. The molecule has 0 rings (SSSR count). The van der Waals surface area contributed by atoms with Crippen LogP contribution in [-0.2, 0) is 19.1 Å². The monoisotopic (exact) mass is 306 g/mol. The van der Waals surface area contributed by atoms with Crippen LogP contribution in [0.15, 0.2) is 0 Å². The highest BCUT2D eigenvalue weighted by Crippen LogP contribution is 2.00. The lowest BCUT2D eigenvalue weighted by Gasteiger charge is -2.24. The zero-order valence-electron chi connectivity index (χ0n) is 14.1. The second-order valence-electron chi connectivity index (χ2n) is 7.14. The first kappa shape index (κ1) is 19.8. The Hall–Kier alpha value is -1.18. The number of quaternary nitrogens is 2. The third-order valence-corrected chi connectivity index (χ3v) is 2.66. The molecular formula is C14H30N2O5+2. The second-order valence-corrected chi connectivity index (χ2v) is 7.14. The predicted octanol–water partition coefficient (Wildman–Crippen LogP) is -0.764. The molecule has 0 amide bonds. The van der Waals surface area contributed by atoms with E-state index < -0.39 is 18.0 Å². The summed E-state index contributed by atoms with van der Waals surface area (Å²) in [5, 5.41) is 9.59. The lowest BCUT2D eigenvalue weighted by atomic mass is 10.2. The number of aliphatic hydroxyl groups excluding tert-OH is 1. The number of hydrogen-bond donors (Lipinski definition) is 1. The minimum Gasteiger partial charge on any atom is -0.460 e. The number of rotatable bonds is 9. The first-order chi connectivity index (χ1) is 9.41. The Morgan fingerprint density at radius 1 is 0.905 bits per heavy atom. The number of likely N-dealkylation sites (N-methyl/N-ethyl adjacent to an activating group) is 2. The Bertz CT molecular complexity index is 344. The highest BCUT2D eigenvalue weighted by molar-refractivity contribution is 5.81. The van der Waals surface area contributed by atoms with Crippen molar-refractivity contribution >= 4 is 11.9 Å². The Morgan fingerprint density at radius 3 is 1.76 bits per heavy atom. The van der Waals surface area contributed by atoms with E-state index in [1.54, 1.807) is 0 Å². The average Bonchev–Trinajstić information content (AvgIpc) is 2.24. The number of ether oxygens (including phenoxy) is 2. The molecule has 0 saturated carbocycles. The number of aliphatic hydroxyl groups is 1. The van der Waals surface area contributed by atoms with E-state index >= 15 is 0 Å². The zero-order chi connectivity index (χ0) is 16.7. The van der Waals surface area contributed by atoms with Gasteiger partial charge in [0.1, 0.15) is 26.3 Å². The molecule has 1 atom stereocenters. The fourth-order valence-corrected chi connectivity index (χ4v) is 1.25. The average molecular weight is 306 g/mol. The summed E-state index contributed by atoms with van der Waals surface area (Å²) in [6.07, 6.45) is -1.84. The molecule has 0 aromatic heterocycles. The van der Waals surface area contributed by atoms with E-state index in [0.29, 0.717) is 22.1 Å². The van der Waals surface area contributed by atoms with Crippen molar-refractivity contribution in [1.82, 2.24) is 0 Å². The van der Waals surface area contributed by atoms with Gasteiger partial charge in [0, 0.05) is 0 Å². The van der Waals surface area contributed by atoms with E-state index in [-0.39, 0.29) is 19.6 Å². The summed E-state index contributed by atoms with van der Waals surface area (Å²) in [5.41, 5.74) is 0. The molecule has 1 N–H and O–H groups in total. The van der Waals surface area contributed by atoms with Crippen molar-refractivity contribution < 1.29 is 33.1 Å². The largest absolute Gasteiger partial charge is 0.460 e. The lowest BCUT2D eigenvalue weighted by Crippen LogP contribution is -2.39. The van der Waals surface area contributed by atoms with Crippen molar-refractivity contribution in [3.8, 4) is 0 Å².